The van der Waals surface area contributed by atoms with E-state index in [1.54, 1.807) is 12.1 Å². The van der Waals surface area contributed by atoms with Gasteiger partial charge in [0.05, 0.1) is 3.57 Å². The lowest BCUT2D eigenvalue weighted by molar-refractivity contribution is -0.129. The Hall–Kier alpha value is -1.42. The maximum Gasteiger partial charge on any atom is 0.363 e. The number of rotatable bonds is 2. The number of hydrogen-bond donors (Lipinski definition) is 1. The molecule has 1 aliphatic rings. The van der Waals surface area contributed by atoms with Gasteiger partial charge in [-0.05, 0) is 82.4 Å². The van der Waals surface area contributed by atoms with Crippen molar-refractivity contribution in [1.29, 1.82) is 0 Å². The minimum Gasteiger partial charge on any atom is -0.506 e. The number of nitrogens with zero attached hydrogens (tertiary/aromatic N) is 1. The van der Waals surface area contributed by atoms with Crippen LogP contribution in [0.3, 0.4) is 0 Å². The summed E-state index contributed by atoms with van der Waals surface area (Å²) < 4.78 is 6.91. The highest BCUT2D eigenvalue weighted by Gasteiger charge is 2.24. The maximum atomic E-state index is 12.0. The third-order valence-electron chi connectivity index (χ3n) is 3.27. The molecule has 6 heteroatoms. The van der Waals surface area contributed by atoms with Crippen LogP contribution >= 0.6 is 45.2 Å². The average molecular weight is 531 g/mol. The monoisotopic (exact) mass is 531 g/mol. The molecule has 0 spiro atoms. The van der Waals surface area contributed by atoms with Crippen molar-refractivity contribution in [3.8, 4) is 5.75 Å². The zero-order valence-electron chi connectivity index (χ0n) is 12.0. The largest absolute Gasteiger partial charge is 0.506 e. The van der Waals surface area contributed by atoms with Gasteiger partial charge in [0.25, 0.3) is 0 Å². The van der Waals surface area contributed by atoms with E-state index in [-0.39, 0.29) is 17.3 Å². The number of esters is 1. The van der Waals surface area contributed by atoms with Crippen molar-refractivity contribution in [2.24, 2.45) is 4.99 Å². The number of aromatic hydroxyl groups is 1. The van der Waals surface area contributed by atoms with Gasteiger partial charge >= 0.3 is 5.97 Å². The molecule has 0 radical (unpaired) electrons. The molecule has 2 aromatic carbocycles. The molecule has 3 rings (SSSR count). The number of benzene rings is 2. The van der Waals surface area contributed by atoms with Crippen LogP contribution in [0.1, 0.15) is 16.7 Å². The standard InChI is InChI=1S/C17H11I2NO3/c1-9-2-4-10(5-3-9)16-20-14(17(22)23-16)7-11-6-12(18)8-13(19)15(11)21/h2-8,21H,1H3/b14-7-. The molecule has 0 unspecified atom stereocenters. The first kappa shape index (κ1) is 16.4. The topological polar surface area (TPSA) is 58.9 Å². The summed E-state index contributed by atoms with van der Waals surface area (Å²) >= 11 is 4.21. The van der Waals surface area contributed by atoms with E-state index < -0.39 is 5.97 Å². The van der Waals surface area contributed by atoms with Crippen LogP contribution in [0, 0.1) is 14.1 Å². The number of phenolic OH excluding ortho intramolecular Hbond substituents is 1. The Morgan fingerprint density at radius 2 is 1.87 bits per heavy atom. The summed E-state index contributed by atoms with van der Waals surface area (Å²) in [6.07, 6.45) is 1.54. The first-order chi connectivity index (χ1) is 10.9. The number of hydrogen-bond acceptors (Lipinski definition) is 4. The summed E-state index contributed by atoms with van der Waals surface area (Å²) in [5.74, 6) is -0.111. The molecule has 23 heavy (non-hydrogen) atoms. The average Bonchev–Trinajstić information content (AvgIpc) is 2.86. The first-order valence-corrected chi connectivity index (χ1v) is 8.87. The lowest BCUT2D eigenvalue weighted by atomic mass is 10.1. The summed E-state index contributed by atoms with van der Waals surface area (Å²) in [7, 11) is 0. The highest BCUT2D eigenvalue weighted by molar-refractivity contribution is 14.1. The minimum atomic E-state index is -0.520. The number of phenols is 1. The van der Waals surface area contributed by atoms with Crippen molar-refractivity contribution in [2.75, 3.05) is 0 Å². The van der Waals surface area contributed by atoms with E-state index in [9.17, 15) is 9.90 Å². The molecule has 0 atom stereocenters. The van der Waals surface area contributed by atoms with Crippen molar-refractivity contribution < 1.29 is 14.6 Å². The van der Waals surface area contributed by atoms with Crippen molar-refractivity contribution in [3.63, 3.8) is 0 Å². The summed E-state index contributed by atoms with van der Waals surface area (Å²) in [5.41, 5.74) is 2.58. The Labute approximate surface area is 160 Å². The number of carbonyl (C=O) groups excluding carboxylic acids is 1. The Morgan fingerprint density at radius 1 is 1.17 bits per heavy atom. The number of cyclic esters (lactones) is 1. The molecule has 0 aromatic heterocycles. The highest BCUT2D eigenvalue weighted by Crippen LogP contribution is 2.30. The highest BCUT2D eigenvalue weighted by atomic mass is 127. The smallest absolute Gasteiger partial charge is 0.363 e. The Kier molecular flexibility index (Phi) is 4.72. The predicted molar refractivity (Wildman–Crippen MR) is 105 cm³/mol. The van der Waals surface area contributed by atoms with Crippen molar-refractivity contribution in [3.05, 3.63) is 65.9 Å². The molecular weight excluding hydrogens is 520 g/mol. The molecule has 1 aliphatic heterocycles. The number of aliphatic imine (C=N–C) groups is 1. The van der Waals surface area contributed by atoms with Gasteiger partial charge in [0.2, 0.25) is 5.90 Å². The molecule has 0 saturated carbocycles. The van der Waals surface area contributed by atoms with E-state index in [0.717, 1.165) is 18.3 Å². The molecule has 1 heterocycles. The Balaban J connectivity index is 2.00. The van der Waals surface area contributed by atoms with Gasteiger partial charge in [0, 0.05) is 14.7 Å². The minimum absolute atomic E-state index is 0.130. The van der Waals surface area contributed by atoms with E-state index in [1.165, 1.54) is 0 Å². The summed E-state index contributed by atoms with van der Waals surface area (Å²) in [4.78, 5) is 16.3. The van der Waals surface area contributed by atoms with Gasteiger partial charge in [-0.1, -0.05) is 17.7 Å². The van der Waals surface area contributed by atoms with E-state index in [2.05, 4.69) is 27.6 Å². The SMILES string of the molecule is Cc1ccc(C2=N/C(=C\c3cc(I)cc(I)c3O)C(=O)O2)cc1. The second-order valence-corrected chi connectivity index (χ2v) is 7.44. The number of halogens is 2. The van der Waals surface area contributed by atoms with E-state index in [1.807, 2.05) is 59.8 Å². The third-order valence-corrected chi connectivity index (χ3v) is 4.71. The molecule has 116 valence electrons. The van der Waals surface area contributed by atoms with Crippen LogP contribution in [0.4, 0.5) is 0 Å². The van der Waals surface area contributed by atoms with E-state index in [4.69, 9.17) is 4.74 Å². The van der Waals surface area contributed by atoms with Crippen LogP contribution in [-0.2, 0) is 9.53 Å². The second kappa shape index (κ2) is 6.60. The van der Waals surface area contributed by atoms with Gasteiger partial charge in [-0.15, -0.1) is 0 Å². The molecular formula is C17H11I2NO3. The van der Waals surface area contributed by atoms with Crippen LogP contribution in [0.15, 0.2) is 47.1 Å². The van der Waals surface area contributed by atoms with Gasteiger partial charge in [0.15, 0.2) is 5.70 Å². The van der Waals surface area contributed by atoms with Crippen molar-refractivity contribution in [2.45, 2.75) is 6.92 Å². The summed E-state index contributed by atoms with van der Waals surface area (Å²) in [6.45, 7) is 1.99. The molecule has 0 amide bonds. The van der Waals surface area contributed by atoms with Gasteiger partial charge in [-0.3, -0.25) is 0 Å². The zero-order valence-corrected chi connectivity index (χ0v) is 16.3. The van der Waals surface area contributed by atoms with Crippen LogP contribution < -0.4 is 0 Å². The molecule has 0 aliphatic carbocycles. The lowest BCUT2D eigenvalue weighted by Gasteiger charge is -2.03. The molecule has 0 bridgehead atoms. The number of ether oxygens (including phenoxy) is 1. The normalized spacial score (nSPS) is 15.7. The third kappa shape index (κ3) is 3.57. The Bertz CT molecular complexity index is 855. The van der Waals surface area contributed by atoms with Gasteiger partial charge < -0.3 is 9.84 Å². The number of carbonyl (C=O) groups is 1. The summed E-state index contributed by atoms with van der Waals surface area (Å²) in [6, 6.07) is 11.2. The molecule has 4 nitrogen and oxygen atoms in total. The quantitative estimate of drug-likeness (QED) is 0.359. The van der Waals surface area contributed by atoms with Crippen molar-refractivity contribution >= 4 is 63.1 Å². The zero-order chi connectivity index (χ0) is 16.6. The molecule has 0 saturated heterocycles. The maximum absolute atomic E-state index is 12.0. The van der Waals surface area contributed by atoms with Crippen LogP contribution in [0.5, 0.6) is 5.75 Å². The Morgan fingerprint density at radius 3 is 2.57 bits per heavy atom. The predicted octanol–water partition coefficient (Wildman–Crippen LogP) is 4.25. The van der Waals surface area contributed by atoms with E-state index >= 15 is 0 Å². The molecule has 0 fully saturated rings. The lowest BCUT2D eigenvalue weighted by Crippen LogP contribution is -2.05. The first-order valence-electron chi connectivity index (χ1n) is 6.71. The fourth-order valence-electron chi connectivity index (χ4n) is 2.07. The van der Waals surface area contributed by atoms with Crippen LogP contribution in [-0.4, -0.2) is 17.0 Å². The van der Waals surface area contributed by atoms with Crippen LogP contribution in [0.2, 0.25) is 0 Å². The van der Waals surface area contributed by atoms with Gasteiger partial charge in [-0.25, -0.2) is 9.79 Å². The van der Waals surface area contributed by atoms with Crippen LogP contribution in [0.25, 0.3) is 6.08 Å². The number of aryl methyl sites for hydroxylation is 1. The fourth-order valence-corrected chi connectivity index (χ4v) is 3.96. The second-order valence-electron chi connectivity index (χ2n) is 5.03. The molecule has 2 aromatic rings. The fraction of sp³-hybridized carbons (Fsp3) is 0.0588. The van der Waals surface area contributed by atoms with E-state index in [0.29, 0.717) is 5.56 Å². The molecule has 1 N–H and O–H groups in total. The van der Waals surface area contributed by atoms with Gasteiger partial charge in [-0.2, -0.15) is 0 Å². The van der Waals surface area contributed by atoms with Gasteiger partial charge in [0.1, 0.15) is 5.75 Å². The summed E-state index contributed by atoms with van der Waals surface area (Å²) in [5, 5.41) is 10.1. The van der Waals surface area contributed by atoms with Crippen molar-refractivity contribution in [1.82, 2.24) is 0 Å².